The highest BCUT2D eigenvalue weighted by Gasteiger charge is 2.25. The molecule has 0 fully saturated rings. The highest BCUT2D eigenvalue weighted by Crippen LogP contribution is 2.40. The molecule has 2 aromatic carbocycles. The Balaban J connectivity index is 1.71. The summed E-state index contributed by atoms with van der Waals surface area (Å²) in [5, 5.41) is -0.261. The van der Waals surface area contributed by atoms with E-state index in [0.717, 1.165) is 154 Å². The molecule has 0 bridgehead atoms. The lowest BCUT2D eigenvalue weighted by molar-refractivity contribution is -0.137. The van der Waals surface area contributed by atoms with Crippen LogP contribution in [0, 0.1) is 0 Å². The number of benzene rings is 2. The van der Waals surface area contributed by atoms with E-state index in [1.165, 1.54) is 30.3 Å². The minimum Gasteiger partial charge on any atom is -0.452 e. The van der Waals surface area contributed by atoms with E-state index in [0.29, 0.717) is 19.3 Å². The maximum Gasteiger partial charge on any atom is 0.311 e. The molecular weight excluding hydrogens is 1040 g/mol. The molecule has 0 saturated carbocycles. The summed E-state index contributed by atoms with van der Waals surface area (Å²) in [5.41, 5.74) is -0.930. The number of carbonyl (C=O) groups is 5. The molecule has 450 valence electrons. The van der Waals surface area contributed by atoms with Crippen molar-refractivity contribution in [3.63, 3.8) is 0 Å². The Labute approximate surface area is 495 Å². The van der Waals surface area contributed by atoms with Crippen LogP contribution in [0.1, 0.15) is 213 Å². The summed E-state index contributed by atoms with van der Waals surface area (Å²) in [6, 6.07) is 6.76. The van der Waals surface area contributed by atoms with Gasteiger partial charge in [-0.25, -0.2) is 0 Å². The van der Waals surface area contributed by atoms with E-state index in [1.54, 1.807) is 0 Å². The molecule has 0 aliphatic rings. The Bertz CT molecular complexity index is 2690. The summed E-state index contributed by atoms with van der Waals surface area (Å²) in [6.07, 6.45) is 64.9. The third kappa shape index (κ3) is 32.2. The van der Waals surface area contributed by atoms with E-state index in [-0.39, 0.29) is 77.5 Å². The SMILES string of the molecule is CC/C=C\C/C=C\C/C=C\CCCCCCCC(=O)Oc1cc(OC=O)c2c(=O)c(OC=O)c(-c3ccc(OC(=O)CCCCCCC/C=C\C/C=C\C/C=C\CC)c(OC(=O)CCCCCCC/C=C\C/C=C\C/C=C\CC)c3)oc2c1. The number of fused-ring (bicyclic) bond motifs is 1. The monoisotopic (exact) mass is 1140 g/mol. The lowest BCUT2D eigenvalue weighted by Gasteiger charge is -2.14. The summed E-state index contributed by atoms with van der Waals surface area (Å²) < 4.78 is 34.0. The predicted octanol–water partition coefficient (Wildman–Crippen LogP) is 19.0. The molecule has 0 saturated heterocycles. The van der Waals surface area contributed by atoms with Crippen LogP contribution in [0.5, 0.6) is 28.7 Å². The summed E-state index contributed by atoms with van der Waals surface area (Å²) in [4.78, 5) is 77.6. The van der Waals surface area contributed by atoms with Gasteiger partial charge in [0, 0.05) is 37.0 Å². The highest BCUT2D eigenvalue weighted by atomic mass is 16.6. The maximum absolute atomic E-state index is 14.2. The van der Waals surface area contributed by atoms with Crippen LogP contribution in [0.4, 0.5) is 0 Å². The van der Waals surface area contributed by atoms with Crippen LogP contribution in [0.2, 0.25) is 0 Å². The largest absolute Gasteiger partial charge is 0.452 e. The second-order valence-electron chi connectivity index (χ2n) is 20.2. The van der Waals surface area contributed by atoms with Gasteiger partial charge in [-0.3, -0.25) is 28.8 Å². The molecule has 0 N–H and O–H groups in total. The molecule has 83 heavy (non-hydrogen) atoms. The normalized spacial score (nSPS) is 12.1. The second kappa shape index (κ2) is 47.2. The van der Waals surface area contributed by atoms with Gasteiger partial charge in [-0.15, -0.1) is 0 Å². The molecule has 0 spiro atoms. The summed E-state index contributed by atoms with van der Waals surface area (Å²) in [6.45, 7) is 6.54. The first-order valence-electron chi connectivity index (χ1n) is 30.7. The number of hydrogen-bond donors (Lipinski definition) is 0. The number of carbonyl (C=O) groups excluding carboxylic acids is 5. The number of unbranched alkanes of at least 4 members (excludes halogenated alkanes) is 15. The van der Waals surface area contributed by atoms with Gasteiger partial charge in [0.1, 0.15) is 22.5 Å². The number of ether oxygens (including phenoxy) is 5. The fraction of sp³-hybridized carbons (Fsp3) is 0.465. The van der Waals surface area contributed by atoms with Gasteiger partial charge in [0.05, 0.1) is 0 Å². The van der Waals surface area contributed by atoms with Gasteiger partial charge in [0.2, 0.25) is 11.2 Å². The zero-order chi connectivity index (χ0) is 59.6. The van der Waals surface area contributed by atoms with Crippen molar-refractivity contribution in [2.75, 3.05) is 0 Å². The Morgan fingerprint density at radius 2 is 0.795 bits per heavy atom. The molecule has 1 heterocycles. The van der Waals surface area contributed by atoms with Crippen molar-refractivity contribution >= 4 is 41.8 Å². The topological polar surface area (TPSA) is 162 Å². The van der Waals surface area contributed by atoms with Gasteiger partial charge in [-0.2, -0.15) is 0 Å². The Morgan fingerprint density at radius 1 is 0.410 bits per heavy atom. The van der Waals surface area contributed by atoms with Crippen molar-refractivity contribution < 1.29 is 52.1 Å². The molecule has 12 nitrogen and oxygen atoms in total. The van der Waals surface area contributed by atoms with Crippen molar-refractivity contribution in [1.29, 1.82) is 0 Å². The zero-order valence-electron chi connectivity index (χ0n) is 50.0. The van der Waals surface area contributed by atoms with Gasteiger partial charge in [0.25, 0.3) is 12.9 Å². The average Bonchev–Trinajstić information content (AvgIpc) is 3.06. The molecular formula is C71H94O12. The average molecular weight is 1140 g/mol. The fourth-order valence-corrected chi connectivity index (χ4v) is 8.80. The Morgan fingerprint density at radius 3 is 1.23 bits per heavy atom. The van der Waals surface area contributed by atoms with Crippen molar-refractivity contribution in [2.24, 2.45) is 0 Å². The number of esters is 3. The quantitative estimate of drug-likeness (QED) is 0.0173. The highest BCUT2D eigenvalue weighted by molar-refractivity contribution is 5.91. The van der Waals surface area contributed by atoms with Crippen LogP contribution in [0.25, 0.3) is 22.3 Å². The molecule has 1 aromatic heterocycles. The van der Waals surface area contributed by atoms with Crippen molar-refractivity contribution in [3.8, 4) is 40.1 Å². The van der Waals surface area contributed by atoms with E-state index >= 15 is 0 Å². The molecule has 0 amide bonds. The molecule has 0 atom stereocenters. The third-order valence-corrected chi connectivity index (χ3v) is 13.2. The van der Waals surface area contributed by atoms with Gasteiger partial charge in [-0.1, -0.05) is 188 Å². The fourth-order valence-electron chi connectivity index (χ4n) is 8.80. The van der Waals surface area contributed by atoms with Crippen LogP contribution >= 0.6 is 0 Å². The van der Waals surface area contributed by atoms with Crippen molar-refractivity contribution in [3.05, 3.63) is 150 Å². The summed E-state index contributed by atoms with van der Waals surface area (Å²) in [5.74, 6) is -2.91. The van der Waals surface area contributed by atoms with Crippen LogP contribution in [0.3, 0.4) is 0 Å². The molecule has 0 unspecified atom stereocenters. The van der Waals surface area contributed by atoms with E-state index in [2.05, 4.69) is 130 Å². The predicted molar refractivity (Wildman–Crippen MR) is 336 cm³/mol. The first-order chi connectivity index (χ1) is 40.8. The first kappa shape index (κ1) is 69.9. The number of rotatable bonds is 47. The molecule has 0 radical (unpaired) electrons. The van der Waals surface area contributed by atoms with Crippen LogP contribution in [-0.4, -0.2) is 30.9 Å². The molecule has 3 aromatic rings. The minimum absolute atomic E-state index is 0.0256. The molecule has 3 rings (SSSR count). The van der Waals surface area contributed by atoms with Gasteiger partial charge < -0.3 is 28.1 Å². The van der Waals surface area contributed by atoms with Gasteiger partial charge in [0.15, 0.2) is 17.3 Å². The molecule has 0 aliphatic carbocycles. The van der Waals surface area contributed by atoms with E-state index in [4.69, 9.17) is 28.1 Å². The van der Waals surface area contributed by atoms with E-state index in [9.17, 15) is 28.8 Å². The van der Waals surface area contributed by atoms with Crippen molar-refractivity contribution in [1.82, 2.24) is 0 Å². The molecule has 12 heteroatoms. The molecule has 0 aliphatic heterocycles. The minimum atomic E-state index is -0.880. The van der Waals surface area contributed by atoms with Gasteiger partial charge >= 0.3 is 17.9 Å². The van der Waals surface area contributed by atoms with E-state index in [1.807, 2.05) is 0 Å². The number of allylic oxidation sites excluding steroid dienone is 18. The number of hydrogen-bond acceptors (Lipinski definition) is 12. The lowest BCUT2D eigenvalue weighted by Crippen LogP contribution is -2.13. The second-order valence-corrected chi connectivity index (χ2v) is 20.2. The Hall–Kier alpha value is -7.34. The smallest absolute Gasteiger partial charge is 0.311 e. The standard InChI is InChI=1S/C71H94O12/c1-4-7-10-13-16-19-22-25-28-31-34-37-40-43-46-49-65(74)80-60-55-63(78-57-72)68-64(56-60)83-70(71(69(68)77)79-58-73)59-52-53-61(81-66(75)50-47-44-41-38-35-32-29-26-23-20-17-14-11-8-5-2)62(54-59)82-67(76)51-48-45-42-39-36-33-30-27-24-21-18-15-12-9-6-3/h7-12,16-21,25-30,52-58H,4-6,13-15,22-24,31-51H2,1-3H3/b10-7-,11-8-,12-9-,19-16-,20-17-,21-18-,28-25-,29-26-,30-27-. The maximum atomic E-state index is 14.2. The lowest BCUT2D eigenvalue weighted by atomic mass is 10.1. The van der Waals surface area contributed by atoms with Crippen LogP contribution in [0.15, 0.2) is 149 Å². The van der Waals surface area contributed by atoms with Crippen LogP contribution in [-0.2, 0) is 24.0 Å². The van der Waals surface area contributed by atoms with Gasteiger partial charge in [-0.05, 0) is 134 Å². The third-order valence-electron chi connectivity index (χ3n) is 13.2. The Kier molecular flexibility index (Phi) is 39.7. The zero-order valence-corrected chi connectivity index (χ0v) is 50.0. The van der Waals surface area contributed by atoms with Crippen molar-refractivity contribution in [2.45, 2.75) is 213 Å². The summed E-state index contributed by atoms with van der Waals surface area (Å²) >= 11 is 0. The summed E-state index contributed by atoms with van der Waals surface area (Å²) in [7, 11) is 0. The van der Waals surface area contributed by atoms with E-state index < -0.39 is 29.1 Å². The first-order valence-corrected chi connectivity index (χ1v) is 30.7. The van der Waals surface area contributed by atoms with Crippen LogP contribution < -0.4 is 29.1 Å².